The number of amides is 1. The monoisotopic (exact) mass is 276 g/mol. The largest absolute Gasteiger partial charge is 0.394 e. The molecule has 3 N–H and O–H groups in total. The Morgan fingerprint density at radius 1 is 1.30 bits per heavy atom. The van der Waals surface area contributed by atoms with Crippen LogP contribution in [0.25, 0.3) is 0 Å². The van der Waals surface area contributed by atoms with Gasteiger partial charge >= 0.3 is 0 Å². The summed E-state index contributed by atoms with van der Waals surface area (Å²) < 4.78 is 0. The number of benzene rings is 1. The summed E-state index contributed by atoms with van der Waals surface area (Å²) in [5.41, 5.74) is 7.10. The van der Waals surface area contributed by atoms with Crippen molar-refractivity contribution in [3.05, 3.63) is 35.9 Å². The maximum absolute atomic E-state index is 12.4. The van der Waals surface area contributed by atoms with Gasteiger partial charge in [0.05, 0.1) is 12.6 Å². The number of nitrogens with zero attached hydrogens (tertiary/aromatic N) is 1. The van der Waals surface area contributed by atoms with Gasteiger partial charge in [-0.3, -0.25) is 4.79 Å². The molecule has 1 aromatic carbocycles. The quantitative estimate of drug-likeness (QED) is 0.882. The van der Waals surface area contributed by atoms with Crippen molar-refractivity contribution in [1.29, 1.82) is 0 Å². The number of hydrogen-bond donors (Lipinski definition) is 2. The maximum Gasteiger partial charge on any atom is 0.224 e. The summed E-state index contributed by atoms with van der Waals surface area (Å²) in [4.78, 5) is 14.3. The molecule has 20 heavy (non-hydrogen) atoms. The van der Waals surface area contributed by atoms with Gasteiger partial charge in [0.1, 0.15) is 0 Å². The summed E-state index contributed by atoms with van der Waals surface area (Å²) in [6, 6.07) is 9.39. The van der Waals surface area contributed by atoms with Gasteiger partial charge in [0.15, 0.2) is 0 Å². The Labute approximate surface area is 120 Å². The molecule has 1 aromatic rings. The van der Waals surface area contributed by atoms with E-state index >= 15 is 0 Å². The number of carbonyl (C=O) groups is 1. The number of rotatable bonds is 4. The van der Waals surface area contributed by atoms with Crippen LogP contribution in [0.3, 0.4) is 0 Å². The molecule has 1 amide bonds. The van der Waals surface area contributed by atoms with Crippen LogP contribution >= 0.6 is 0 Å². The Balaban J connectivity index is 1.99. The lowest BCUT2D eigenvalue weighted by Crippen LogP contribution is -2.43. The van der Waals surface area contributed by atoms with E-state index in [1.807, 2.05) is 35.2 Å². The number of likely N-dealkylation sites (tertiary alicyclic amines) is 1. The highest BCUT2D eigenvalue weighted by Gasteiger charge is 2.26. The van der Waals surface area contributed by atoms with Crippen LogP contribution in [-0.2, 0) is 4.79 Å². The molecule has 0 saturated carbocycles. The summed E-state index contributed by atoms with van der Waals surface area (Å²) in [6.07, 6.45) is 4.43. The standard InChI is InChI=1S/C16H24N2O2/c17-15(13-7-3-1-4-8-13)11-16(20)18-10-6-2-5-9-14(18)12-19/h1,3-4,7-8,14-15,19H,2,5-6,9-12,17H2. The van der Waals surface area contributed by atoms with Crippen molar-refractivity contribution in [2.24, 2.45) is 5.73 Å². The minimum Gasteiger partial charge on any atom is -0.394 e. The molecule has 0 bridgehead atoms. The van der Waals surface area contributed by atoms with Gasteiger partial charge in [-0.1, -0.05) is 43.2 Å². The summed E-state index contributed by atoms with van der Waals surface area (Å²) in [5.74, 6) is 0.0577. The Morgan fingerprint density at radius 3 is 2.75 bits per heavy atom. The van der Waals surface area contributed by atoms with E-state index in [4.69, 9.17) is 5.73 Å². The Bertz CT molecular complexity index is 422. The third-order valence-corrected chi connectivity index (χ3v) is 4.03. The third-order valence-electron chi connectivity index (χ3n) is 4.03. The molecule has 0 aromatic heterocycles. The predicted molar refractivity (Wildman–Crippen MR) is 79.0 cm³/mol. The van der Waals surface area contributed by atoms with Crippen molar-refractivity contribution < 1.29 is 9.90 Å². The van der Waals surface area contributed by atoms with E-state index in [-0.39, 0.29) is 24.6 Å². The molecule has 4 nitrogen and oxygen atoms in total. The van der Waals surface area contributed by atoms with Crippen LogP contribution in [0.2, 0.25) is 0 Å². The van der Waals surface area contributed by atoms with Crippen LogP contribution < -0.4 is 5.73 Å². The normalized spacial score (nSPS) is 21.3. The molecule has 0 spiro atoms. The average Bonchev–Trinajstić information content (AvgIpc) is 2.73. The molecule has 1 aliphatic heterocycles. The van der Waals surface area contributed by atoms with Crippen molar-refractivity contribution in [2.45, 2.75) is 44.2 Å². The lowest BCUT2D eigenvalue weighted by atomic mass is 10.0. The average molecular weight is 276 g/mol. The van der Waals surface area contributed by atoms with Crippen LogP contribution in [0.4, 0.5) is 0 Å². The predicted octanol–water partition coefficient (Wildman–Crippen LogP) is 1.84. The van der Waals surface area contributed by atoms with Crippen molar-refractivity contribution >= 4 is 5.91 Å². The zero-order valence-electron chi connectivity index (χ0n) is 11.9. The summed E-state index contributed by atoms with van der Waals surface area (Å²) in [5, 5.41) is 9.46. The summed E-state index contributed by atoms with van der Waals surface area (Å²) in [6.45, 7) is 0.790. The van der Waals surface area contributed by atoms with Crippen LogP contribution in [0.15, 0.2) is 30.3 Å². The molecule has 1 saturated heterocycles. The van der Waals surface area contributed by atoms with Crippen LogP contribution in [0.1, 0.15) is 43.7 Å². The minimum atomic E-state index is -0.272. The van der Waals surface area contributed by atoms with Gasteiger partial charge < -0.3 is 15.7 Å². The molecule has 1 heterocycles. The molecule has 1 fully saturated rings. The molecule has 2 unspecified atom stereocenters. The fourth-order valence-corrected chi connectivity index (χ4v) is 2.82. The van der Waals surface area contributed by atoms with Gasteiger partial charge in [0, 0.05) is 19.0 Å². The zero-order valence-corrected chi connectivity index (χ0v) is 11.9. The molecule has 0 radical (unpaired) electrons. The highest BCUT2D eigenvalue weighted by molar-refractivity contribution is 5.77. The van der Waals surface area contributed by atoms with Crippen molar-refractivity contribution in [3.63, 3.8) is 0 Å². The van der Waals surface area contributed by atoms with Gasteiger partial charge in [-0.15, -0.1) is 0 Å². The number of aliphatic hydroxyl groups is 1. The van der Waals surface area contributed by atoms with E-state index < -0.39 is 0 Å². The first kappa shape index (κ1) is 15.0. The van der Waals surface area contributed by atoms with E-state index in [0.717, 1.165) is 37.8 Å². The molecule has 2 atom stereocenters. The second kappa shape index (κ2) is 7.41. The Kier molecular flexibility index (Phi) is 5.56. The number of aliphatic hydroxyl groups excluding tert-OH is 1. The SMILES string of the molecule is NC(CC(=O)N1CCCCCC1CO)c1ccccc1. The highest BCUT2D eigenvalue weighted by Crippen LogP contribution is 2.20. The van der Waals surface area contributed by atoms with Gasteiger partial charge in [-0.05, 0) is 18.4 Å². The second-order valence-electron chi connectivity index (χ2n) is 5.49. The third kappa shape index (κ3) is 3.81. The van der Waals surface area contributed by atoms with Crippen LogP contribution in [0, 0.1) is 0 Å². The first-order valence-corrected chi connectivity index (χ1v) is 7.43. The van der Waals surface area contributed by atoms with Gasteiger partial charge in [0.2, 0.25) is 5.91 Å². The topological polar surface area (TPSA) is 66.6 Å². The fraction of sp³-hybridized carbons (Fsp3) is 0.562. The molecular weight excluding hydrogens is 252 g/mol. The zero-order chi connectivity index (χ0) is 14.4. The summed E-state index contributed by atoms with van der Waals surface area (Å²) >= 11 is 0. The minimum absolute atomic E-state index is 0.0343. The Morgan fingerprint density at radius 2 is 2.05 bits per heavy atom. The lowest BCUT2D eigenvalue weighted by molar-refractivity contribution is -0.134. The van der Waals surface area contributed by atoms with E-state index in [2.05, 4.69) is 0 Å². The molecule has 110 valence electrons. The maximum atomic E-state index is 12.4. The van der Waals surface area contributed by atoms with Gasteiger partial charge in [-0.2, -0.15) is 0 Å². The van der Waals surface area contributed by atoms with Crippen molar-refractivity contribution in [3.8, 4) is 0 Å². The first-order chi connectivity index (χ1) is 9.72. The van der Waals surface area contributed by atoms with Crippen LogP contribution in [-0.4, -0.2) is 35.1 Å². The summed E-state index contributed by atoms with van der Waals surface area (Å²) in [7, 11) is 0. The smallest absolute Gasteiger partial charge is 0.224 e. The lowest BCUT2D eigenvalue weighted by Gasteiger charge is -2.29. The van der Waals surface area contributed by atoms with Gasteiger partial charge in [0.25, 0.3) is 0 Å². The number of carbonyl (C=O) groups excluding carboxylic acids is 1. The molecule has 0 aliphatic carbocycles. The number of nitrogens with two attached hydrogens (primary N) is 1. The molecule has 4 heteroatoms. The van der Waals surface area contributed by atoms with Gasteiger partial charge in [-0.25, -0.2) is 0 Å². The Hall–Kier alpha value is -1.39. The van der Waals surface area contributed by atoms with Crippen LogP contribution in [0.5, 0.6) is 0 Å². The van der Waals surface area contributed by atoms with E-state index in [1.54, 1.807) is 0 Å². The number of hydrogen-bond acceptors (Lipinski definition) is 3. The molecular formula is C16H24N2O2. The van der Waals surface area contributed by atoms with E-state index in [0.29, 0.717) is 6.42 Å². The molecule has 2 rings (SSSR count). The second-order valence-corrected chi connectivity index (χ2v) is 5.49. The van der Waals surface area contributed by atoms with Crippen molar-refractivity contribution in [1.82, 2.24) is 4.90 Å². The van der Waals surface area contributed by atoms with E-state index in [9.17, 15) is 9.90 Å². The molecule has 1 aliphatic rings. The highest BCUT2D eigenvalue weighted by atomic mass is 16.3. The van der Waals surface area contributed by atoms with Crippen molar-refractivity contribution in [2.75, 3.05) is 13.2 Å². The van der Waals surface area contributed by atoms with E-state index in [1.165, 1.54) is 0 Å². The fourth-order valence-electron chi connectivity index (χ4n) is 2.82. The first-order valence-electron chi connectivity index (χ1n) is 7.43.